The van der Waals surface area contributed by atoms with Crippen LogP contribution in [0.15, 0.2) is 54.9 Å². The van der Waals surface area contributed by atoms with Gasteiger partial charge >= 0.3 is 5.97 Å². The number of para-hydroxylation sites is 1. The standard InChI is InChI=1S/C22H18ClN5O4/c23-17-11-18-16(10-19(17)32-15-4-2-1-3-5-15)20(27-6-8-31-9-7-27)26-22(25-18)28-13-14(12-24-28)21(29)30/h1-5,10-13H,6-9H2,(H,29,30). The average Bonchev–Trinajstić information content (AvgIpc) is 3.31. The molecule has 3 heterocycles. The Bertz CT molecular complexity index is 1290. The van der Waals surface area contributed by atoms with Crippen molar-refractivity contribution in [3.05, 3.63) is 65.4 Å². The van der Waals surface area contributed by atoms with Crippen LogP contribution in [-0.2, 0) is 4.74 Å². The lowest BCUT2D eigenvalue weighted by Gasteiger charge is -2.29. The van der Waals surface area contributed by atoms with Gasteiger partial charge in [-0.25, -0.2) is 14.5 Å². The van der Waals surface area contributed by atoms with Gasteiger partial charge in [-0.1, -0.05) is 29.8 Å². The number of fused-ring (bicyclic) bond motifs is 1. The number of aromatic carboxylic acids is 1. The van der Waals surface area contributed by atoms with E-state index >= 15 is 0 Å². The minimum absolute atomic E-state index is 0.0475. The molecule has 162 valence electrons. The molecule has 1 fully saturated rings. The van der Waals surface area contributed by atoms with Crippen LogP contribution in [0.3, 0.4) is 0 Å². The maximum absolute atomic E-state index is 11.3. The third-order valence-corrected chi connectivity index (χ3v) is 5.33. The summed E-state index contributed by atoms with van der Waals surface area (Å²) < 4.78 is 12.8. The first-order valence-corrected chi connectivity index (χ1v) is 10.3. The maximum Gasteiger partial charge on any atom is 0.338 e. The Kier molecular flexibility index (Phi) is 5.34. The van der Waals surface area contributed by atoms with E-state index in [1.165, 1.54) is 17.1 Å². The summed E-state index contributed by atoms with van der Waals surface area (Å²) in [4.78, 5) is 22.6. The van der Waals surface area contributed by atoms with Gasteiger partial charge in [0.05, 0.1) is 35.5 Å². The summed E-state index contributed by atoms with van der Waals surface area (Å²) in [7, 11) is 0. The molecule has 0 amide bonds. The number of halogens is 1. The zero-order chi connectivity index (χ0) is 22.1. The van der Waals surface area contributed by atoms with Crippen molar-refractivity contribution in [1.82, 2.24) is 19.7 Å². The van der Waals surface area contributed by atoms with Crippen molar-refractivity contribution in [2.45, 2.75) is 0 Å². The highest BCUT2D eigenvalue weighted by atomic mass is 35.5. The first-order valence-electron chi connectivity index (χ1n) is 9.94. The quantitative estimate of drug-likeness (QED) is 0.489. The third-order valence-electron chi connectivity index (χ3n) is 5.03. The topological polar surface area (TPSA) is 103 Å². The van der Waals surface area contributed by atoms with E-state index in [-0.39, 0.29) is 11.5 Å². The molecule has 0 aliphatic carbocycles. The highest BCUT2D eigenvalue weighted by Gasteiger charge is 2.21. The number of hydrogen-bond acceptors (Lipinski definition) is 7. The Balaban J connectivity index is 1.64. The van der Waals surface area contributed by atoms with Crippen LogP contribution >= 0.6 is 11.6 Å². The lowest BCUT2D eigenvalue weighted by Crippen LogP contribution is -2.37. The van der Waals surface area contributed by atoms with Gasteiger partial charge < -0.3 is 19.5 Å². The summed E-state index contributed by atoms with van der Waals surface area (Å²) in [5, 5.41) is 14.5. The molecule has 32 heavy (non-hydrogen) atoms. The Morgan fingerprint density at radius 3 is 2.62 bits per heavy atom. The number of hydrogen-bond donors (Lipinski definition) is 1. The fourth-order valence-electron chi connectivity index (χ4n) is 3.46. The molecule has 1 saturated heterocycles. The van der Waals surface area contributed by atoms with Crippen LogP contribution in [-0.4, -0.2) is 57.1 Å². The molecule has 0 atom stereocenters. The largest absolute Gasteiger partial charge is 0.478 e. The van der Waals surface area contributed by atoms with E-state index in [0.717, 1.165) is 5.39 Å². The zero-order valence-corrected chi connectivity index (χ0v) is 17.6. The lowest BCUT2D eigenvalue weighted by atomic mass is 10.2. The third kappa shape index (κ3) is 3.95. The molecule has 5 rings (SSSR count). The second kappa shape index (κ2) is 8.45. The molecule has 0 radical (unpaired) electrons. The number of anilines is 1. The van der Waals surface area contributed by atoms with Crippen LogP contribution in [0.25, 0.3) is 16.9 Å². The van der Waals surface area contributed by atoms with Crippen LogP contribution in [0.4, 0.5) is 5.82 Å². The molecule has 9 nitrogen and oxygen atoms in total. The van der Waals surface area contributed by atoms with Crippen molar-refractivity contribution in [3.63, 3.8) is 0 Å². The molecule has 1 aliphatic rings. The number of nitrogens with zero attached hydrogens (tertiary/aromatic N) is 5. The van der Waals surface area contributed by atoms with Gasteiger partial charge in [0.1, 0.15) is 17.3 Å². The fraction of sp³-hybridized carbons (Fsp3) is 0.182. The van der Waals surface area contributed by atoms with Crippen LogP contribution < -0.4 is 9.64 Å². The number of carboxylic acids is 1. The number of morpholine rings is 1. The van der Waals surface area contributed by atoms with Gasteiger partial charge in [-0.15, -0.1) is 0 Å². The van der Waals surface area contributed by atoms with Gasteiger partial charge in [0.25, 0.3) is 5.95 Å². The number of aromatic nitrogens is 4. The molecule has 1 aliphatic heterocycles. The molecule has 4 aromatic rings. The van der Waals surface area contributed by atoms with Crippen molar-refractivity contribution >= 4 is 34.3 Å². The van der Waals surface area contributed by atoms with Crippen molar-refractivity contribution < 1.29 is 19.4 Å². The van der Waals surface area contributed by atoms with E-state index in [1.54, 1.807) is 6.07 Å². The highest BCUT2D eigenvalue weighted by molar-refractivity contribution is 6.33. The number of carbonyl (C=O) groups is 1. The maximum atomic E-state index is 11.3. The first-order chi connectivity index (χ1) is 15.6. The molecule has 1 N–H and O–H groups in total. The van der Waals surface area contributed by atoms with Crippen LogP contribution in [0.2, 0.25) is 5.02 Å². The Morgan fingerprint density at radius 2 is 1.91 bits per heavy atom. The molecule has 2 aromatic carbocycles. The summed E-state index contributed by atoms with van der Waals surface area (Å²) >= 11 is 6.52. The molecular weight excluding hydrogens is 434 g/mol. The van der Waals surface area contributed by atoms with Crippen molar-refractivity contribution in [3.8, 4) is 17.4 Å². The summed E-state index contributed by atoms with van der Waals surface area (Å²) in [6.45, 7) is 2.46. The van der Waals surface area contributed by atoms with E-state index in [0.29, 0.717) is 54.2 Å². The van der Waals surface area contributed by atoms with E-state index in [1.807, 2.05) is 36.4 Å². The molecule has 2 aromatic heterocycles. The van der Waals surface area contributed by atoms with Crippen molar-refractivity contribution in [2.24, 2.45) is 0 Å². The summed E-state index contributed by atoms with van der Waals surface area (Å²) in [6.07, 6.45) is 2.63. The lowest BCUT2D eigenvalue weighted by molar-refractivity contribution is 0.0697. The molecule has 10 heteroatoms. The molecular formula is C22H18ClN5O4. The van der Waals surface area contributed by atoms with Gasteiger partial charge in [-0.3, -0.25) is 0 Å². The van der Waals surface area contributed by atoms with E-state index < -0.39 is 5.97 Å². The van der Waals surface area contributed by atoms with E-state index in [2.05, 4.69) is 15.0 Å². The van der Waals surface area contributed by atoms with Gasteiger partial charge in [-0.05, 0) is 24.3 Å². The smallest absolute Gasteiger partial charge is 0.338 e. The SMILES string of the molecule is O=C(O)c1cnn(-c2nc(N3CCOCC3)c3cc(Oc4ccccc4)c(Cl)cc3n2)c1. The monoisotopic (exact) mass is 451 g/mol. The molecule has 0 unspecified atom stereocenters. The van der Waals surface area contributed by atoms with Crippen LogP contribution in [0, 0.1) is 0 Å². The average molecular weight is 452 g/mol. The number of ether oxygens (including phenoxy) is 2. The predicted molar refractivity (Wildman–Crippen MR) is 118 cm³/mol. The minimum Gasteiger partial charge on any atom is -0.478 e. The highest BCUT2D eigenvalue weighted by Crippen LogP contribution is 2.36. The normalized spacial score (nSPS) is 14.0. The Hall–Kier alpha value is -3.69. The van der Waals surface area contributed by atoms with Crippen molar-refractivity contribution in [2.75, 3.05) is 31.2 Å². The molecule has 0 spiro atoms. The van der Waals surface area contributed by atoms with Gasteiger partial charge in [-0.2, -0.15) is 10.1 Å². The van der Waals surface area contributed by atoms with Gasteiger partial charge in [0.15, 0.2) is 0 Å². The second-order valence-corrected chi connectivity index (χ2v) is 7.55. The first kappa shape index (κ1) is 20.2. The van der Waals surface area contributed by atoms with E-state index in [9.17, 15) is 9.90 Å². The van der Waals surface area contributed by atoms with Crippen molar-refractivity contribution in [1.29, 1.82) is 0 Å². The summed E-state index contributed by atoms with van der Waals surface area (Å²) in [5.41, 5.74) is 0.639. The number of carboxylic acid groups (broad SMARTS) is 1. The number of rotatable bonds is 5. The second-order valence-electron chi connectivity index (χ2n) is 7.14. The Morgan fingerprint density at radius 1 is 1.12 bits per heavy atom. The molecule has 0 saturated carbocycles. The minimum atomic E-state index is -1.07. The fourth-order valence-corrected chi connectivity index (χ4v) is 3.65. The molecule has 0 bridgehead atoms. The summed E-state index contributed by atoms with van der Waals surface area (Å²) in [6, 6.07) is 12.9. The number of benzene rings is 2. The van der Waals surface area contributed by atoms with E-state index in [4.69, 9.17) is 26.1 Å². The summed E-state index contributed by atoms with van der Waals surface area (Å²) in [5.74, 6) is 1.01. The van der Waals surface area contributed by atoms with Crippen LogP contribution in [0.5, 0.6) is 11.5 Å². The van der Waals surface area contributed by atoms with Gasteiger partial charge in [0, 0.05) is 24.7 Å². The zero-order valence-electron chi connectivity index (χ0n) is 16.8. The van der Waals surface area contributed by atoms with Gasteiger partial charge in [0.2, 0.25) is 0 Å². The Labute approximate surface area is 187 Å². The predicted octanol–water partition coefficient (Wildman–Crippen LogP) is 3.80. The van der Waals surface area contributed by atoms with Crippen LogP contribution in [0.1, 0.15) is 10.4 Å².